The van der Waals surface area contributed by atoms with Crippen molar-refractivity contribution >= 4 is 17.7 Å². The Morgan fingerprint density at radius 3 is 2.77 bits per heavy atom. The van der Waals surface area contributed by atoms with Gasteiger partial charge in [0.15, 0.2) is 12.2 Å². The number of ether oxygens (including phenoxy) is 2. The van der Waals surface area contributed by atoms with E-state index in [1.54, 1.807) is 50.8 Å². The Labute approximate surface area is 172 Å². The average molecular weight is 405 g/mol. The summed E-state index contributed by atoms with van der Waals surface area (Å²) >= 11 is 0. The van der Waals surface area contributed by atoms with Crippen LogP contribution in [0.25, 0.3) is 22.6 Å². The largest absolute Gasteiger partial charge is 0.496 e. The molecule has 0 aliphatic heterocycles. The number of esters is 1. The van der Waals surface area contributed by atoms with Gasteiger partial charge in [0.05, 0.1) is 25.5 Å². The molecule has 152 valence electrons. The first-order valence-electron chi connectivity index (χ1n) is 9.25. The maximum Gasteiger partial charge on any atom is 0.338 e. The molecule has 0 saturated carbocycles. The standard InChI is InChI=1S/C22H19N3O5/c1-3-29-21(26)16-7-5-4-6-15(16)20-11-23-22(30-20)25-14-8-9-17(19(10-14)27-2)18-12-28-13-24-18/h4-13H,3H2,1-2H3,(H,23,25). The second kappa shape index (κ2) is 8.52. The number of aromatic nitrogens is 2. The highest BCUT2D eigenvalue weighted by molar-refractivity contribution is 5.96. The average Bonchev–Trinajstić information content (AvgIpc) is 3.46. The Balaban J connectivity index is 1.58. The zero-order valence-electron chi connectivity index (χ0n) is 16.4. The lowest BCUT2D eigenvalue weighted by Gasteiger charge is -2.09. The monoisotopic (exact) mass is 405 g/mol. The van der Waals surface area contributed by atoms with Gasteiger partial charge in [0.25, 0.3) is 6.01 Å². The molecule has 0 unspecified atom stereocenters. The van der Waals surface area contributed by atoms with E-state index in [9.17, 15) is 4.79 Å². The van der Waals surface area contributed by atoms with Gasteiger partial charge in [-0.15, -0.1) is 0 Å². The van der Waals surface area contributed by atoms with Gasteiger partial charge in [0, 0.05) is 22.9 Å². The van der Waals surface area contributed by atoms with E-state index >= 15 is 0 Å². The molecule has 0 atom stereocenters. The number of anilines is 2. The highest BCUT2D eigenvalue weighted by Crippen LogP contribution is 2.33. The lowest BCUT2D eigenvalue weighted by atomic mass is 10.1. The number of hydrogen-bond donors (Lipinski definition) is 1. The summed E-state index contributed by atoms with van der Waals surface area (Å²) in [6.07, 6.45) is 4.47. The quantitative estimate of drug-likeness (QED) is 0.432. The molecule has 30 heavy (non-hydrogen) atoms. The van der Waals surface area contributed by atoms with Crippen LogP contribution in [0, 0.1) is 0 Å². The molecule has 0 aliphatic rings. The second-order valence-electron chi connectivity index (χ2n) is 6.21. The maximum atomic E-state index is 12.2. The highest BCUT2D eigenvalue weighted by atomic mass is 16.5. The van der Waals surface area contributed by atoms with Crippen LogP contribution in [-0.4, -0.2) is 29.7 Å². The second-order valence-corrected chi connectivity index (χ2v) is 6.21. The Morgan fingerprint density at radius 1 is 1.13 bits per heavy atom. The summed E-state index contributed by atoms with van der Waals surface area (Å²) in [4.78, 5) is 20.6. The van der Waals surface area contributed by atoms with E-state index in [0.717, 1.165) is 5.56 Å². The van der Waals surface area contributed by atoms with E-state index in [-0.39, 0.29) is 6.01 Å². The first kappa shape index (κ1) is 19.3. The van der Waals surface area contributed by atoms with Crippen molar-refractivity contribution in [2.24, 2.45) is 0 Å². The maximum absolute atomic E-state index is 12.2. The molecule has 1 N–H and O–H groups in total. The number of nitrogens with one attached hydrogen (secondary N) is 1. The Bertz CT molecular complexity index is 1150. The predicted octanol–water partition coefficient (Wildman–Crippen LogP) is 4.93. The Morgan fingerprint density at radius 2 is 2.00 bits per heavy atom. The molecule has 0 aliphatic carbocycles. The summed E-state index contributed by atoms with van der Waals surface area (Å²) in [5.41, 5.74) is 3.21. The summed E-state index contributed by atoms with van der Waals surface area (Å²) in [5, 5.41) is 3.10. The molecule has 2 aromatic heterocycles. The van der Waals surface area contributed by atoms with E-state index in [0.29, 0.717) is 40.6 Å². The number of rotatable bonds is 7. The predicted molar refractivity (Wildman–Crippen MR) is 110 cm³/mol. The summed E-state index contributed by atoms with van der Waals surface area (Å²) < 4.78 is 21.4. The number of benzene rings is 2. The molecule has 0 amide bonds. The third kappa shape index (κ3) is 3.88. The number of carbonyl (C=O) groups is 1. The number of nitrogens with zero attached hydrogens (tertiary/aromatic N) is 2. The summed E-state index contributed by atoms with van der Waals surface area (Å²) in [7, 11) is 1.58. The molecule has 2 aromatic carbocycles. The highest BCUT2D eigenvalue weighted by Gasteiger charge is 2.17. The smallest absolute Gasteiger partial charge is 0.338 e. The summed E-state index contributed by atoms with van der Waals surface area (Å²) in [5.74, 6) is 0.660. The van der Waals surface area contributed by atoms with Gasteiger partial charge in [-0.1, -0.05) is 18.2 Å². The minimum Gasteiger partial charge on any atom is -0.496 e. The van der Waals surface area contributed by atoms with Crippen molar-refractivity contribution in [1.29, 1.82) is 0 Å². The van der Waals surface area contributed by atoms with E-state index in [2.05, 4.69) is 15.3 Å². The fraction of sp³-hybridized carbons (Fsp3) is 0.136. The fourth-order valence-corrected chi connectivity index (χ4v) is 2.99. The number of oxazole rings is 2. The third-order valence-electron chi connectivity index (χ3n) is 4.35. The first-order chi connectivity index (χ1) is 14.7. The van der Waals surface area contributed by atoms with E-state index < -0.39 is 5.97 Å². The van der Waals surface area contributed by atoms with Crippen molar-refractivity contribution in [2.45, 2.75) is 6.92 Å². The van der Waals surface area contributed by atoms with Crippen LogP contribution in [0.1, 0.15) is 17.3 Å². The molecule has 0 radical (unpaired) electrons. The molecule has 4 rings (SSSR count). The molecule has 0 fully saturated rings. The summed E-state index contributed by atoms with van der Waals surface area (Å²) in [6, 6.07) is 12.9. The van der Waals surface area contributed by atoms with Gasteiger partial charge in [-0.25, -0.2) is 14.8 Å². The minimum absolute atomic E-state index is 0.278. The van der Waals surface area contributed by atoms with Crippen LogP contribution in [0.2, 0.25) is 0 Å². The van der Waals surface area contributed by atoms with Crippen LogP contribution in [-0.2, 0) is 4.74 Å². The zero-order valence-corrected chi connectivity index (χ0v) is 16.4. The van der Waals surface area contributed by atoms with Crippen LogP contribution < -0.4 is 10.1 Å². The van der Waals surface area contributed by atoms with Crippen molar-refractivity contribution in [3.63, 3.8) is 0 Å². The van der Waals surface area contributed by atoms with Gasteiger partial charge in [-0.3, -0.25) is 0 Å². The lowest BCUT2D eigenvalue weighted by Crippen LogP contribution is -2.06. The van der Waals surface area contributed by atoms with Crippen LogP contribution in [0.3, 0.4) is 0 Å². The van der Waals surface area contributed by atoms with Crippen LogP contribution >= 0.6 is 0 Å². The van der Waals surface area contributed by atoms with Gasteiger partial charge in [0.1, 0.15) is 17.7 Å². The van der Waals surface area contributed by atoms with Crippen molar-refractivity contribution < 1.29 is 23.1 Å². The fourth-order valence-electron chi connectivity index (χ4n) is 2.99. The molecule has 2 heterocycles. The van der Waals surface area contributed by atoms with Gasteiger partial charge < -0.3 is 23.6 Å². The molecular weight excluding hydrogens is 386 g/mol. The molecule has 4 aromatic rings. The Kier molecular flexibility index (Phi) is 5.47. The first-order valence-corrected chi connectivity index (χ1v) is 9.25. The third-order valence-corrected chi connectivity index (χ3v) is 4.35. The number of methoxy groups -OCH3 is 1. The topological polar surface area (TPSA) is 99.6 Å². The molecule has 0 bridgehead atoms. The SMILES string of the molecule is CCOC(=O)c1ccccc1-c1cnc(Nc2ccc(-c3cocn3)c(OC)c2)o1. The van der Waals surface area contributed by atoms with Gasteiger partial charge in [-0.05, 0) is 25.1 Å². The van der Waals surface area contributed by atoms with Crippen LogP contribution in [0.5, 0.6) is 5.75 Å². The normalized spacial score (nSPS) is 10.6. The molecule has 8 heteroatoms. The molecule has 0 spiro atoms. The van der Waals surface area contributed by atoms with Gasteiger partial charge in [-0.2, -0.15) is 0 Å². The van der Waals surface area contributed by atoms with E-state index in [1.165, 1.54) is 6.39 Å². The van der Waals surface area contributed by atoms with Crippen molar-refractivity contribution in [3.05, 3.63) is 66.9 Å². The molecule has 0 saturated heterocycles. The molecule has 8 nitrogen and oxygen atoms in total. The van der Waals surface area contributed by atoms with Crippen LogP contribution in [0.15, 0.2) is 70.2 Å². The van der Waals surface area contributed by atoms with Gasteiger partial charge >= 0.3 is 5.97 Å². The minimum atomic E-state index is -0.410. The van der Waals surface area contributed by atoms with E-state index in [1.807, 2.05) is 18.2 Å². The van der Waals surface area contributed by atoms with Crippen molar-refractivity contribution in [1.82, 2.24) is 9.97 Å². The summed E-state index contributed by atoms with van der Waals surface area (Å²) in [6.45, 7) is 2.06. The number of carbonyl (C=O) groups excluding carboxylic acids is 1. The van der Waals surface area contributed by atoms with Gasteiger partial charge in [0.2, 0.25) is 0 Å². The zero-order chi connectivity index (χ0) is 20.9. The van der Waals surface area contributed by atoms with Crippen LogP contribution in [0.4, 0.5) is 11.7 Å². The Hall–Kier alpha value is -4.07. The van der Waals surface area contributed by atoms with E-state index in [4.69, 9.17) is 18.3 Å². The van der Waals surface area contributed by atoms with Crippen molar-refractivity contribution in [2.75, 3.05) is 19.0 Å². The number of hydrogen-bond acceptors (Lipinski definition) is 8. The van der Waals surface area contributed by atoms with Crippen molar-refractivity contribution in [3.8, 4) is 28.3 Å². The lowest BCUT2D eigenvalue weighted by molar-refractivity contribution is 0.0527. The molecular formula is C22H19N3O5.